The second-order valence-corrected chi connectivity index (χ2v) is 21.3. The minimum Gasteiger partial charge on any atom is -0.462 e. The van der Waals surface area contributed by atoms with Gasteiger partial charge in [-0.3, -0.25) is 14.4 Å². The molecule has 75 heavy (non-hydrogen) atoms. The maximum Gasteiger partial charge on any atom is 0.306 e. The number of hydrogen-bond acceptors (Lipinski definition) is 6. The topological polar surface area (TPSA) is 78.9 Å². The Labute approximate surface area is 465 Å². The highest BCUT2D eigenvalue weighted by Gasteiger charge is 2.19. The van der Waals surface area contributed by atoms with Gasteiger partial charge >= 0.3 is 17.9 Å². The number of rotatable bonds is 58. The number of unbranched alkanes of at least 4 members (excludes halogenated alkanes) is 33. The zero-order valence-electron chi connectivity index (χ0n) is 49.6. The van der Waals surface area contributed by atoms with E-state index in [1.165, 1.54) is 167 Å². The normalized spacial score (nSPS) is 12.6. The minimum absolute atomic E-state index is 0.0885. The van der Waals surface area contributed by atoms with Crippen molar-refractivity contribution >= 4 is 17.9 Å². The van der Waals surface area contributed by atoms with Crippen LogP contribution in [0.2, 0.25) is 0 Å². The first-order chi connectivity index (χ1) is 37.0. The Bertz CT molecular complexity index is 1430. The van der Waals surface area contributed by atoms with Crippen molar-refractivity contribution in [3.63, 3.8) is 0 Å². The van der Waals surface area contributed by atoms with Gasteiger partial charge in [-0.1, -0.05) is 266 Å². The van der Waals surface area contributed by atoms with Crippen LogP contribution in [0, 0.1) is 0 Å². The number of carbonyl (C=O) groups is 3. The smallest absolute Gasteiger partial charge is 0.306 e. The van der Waals surface area contributed by atoms with Crippen LogP contribution >= 0.6 is 0 Å². The van der Waals surface area contributed by atoms with Crippen molar-refractivity contribution in [3.05, 3.63) is 85.1 Å². The van der Waals surface area contributed by atoms with Crippen LogP contribution in [-0.4, -0.2) is 37.2 Å². The first-order valence-corrected chi connectivity index (χ1v) is 32.1. The maximum absolute atomic E-state index is 12.9. The number of hydrogen-bond donors (Lipinski definition) is 0. The van der Waals surface area contributed by atoms with Gasteiger partial charge < -0.3 is 14.2 Å². The van der Waals surface area contributed by atoms with Crippen LogP contribution < -0.4 is 0 Å². The lowest BCUT2D eigenvalue weighted by atomic mass is 10.0. The molecule has 0 aromatic rings. The molecule has 0 amide bonds. The lowest BCUT2D eigenvalue weighted by molar-refractivity contribution is -0.167. The molecule has 0 heterocycles. The highest BCUT2D eigenvalue weighted by atomic mass is 16.6. The first kappa shape index (κ1) is 71.6. The van der Waals surface area contributed by atoms with Crippen LogP contribution in [0.5, 0.6) is 0 Å². The molecule has 0 saturated heterocycles. The van der Waals surface area contributed by atoms with Gasteiger partial charge in [0.25, 0.3) is 0 Å². The van der Waals surface area contributed by atoms with Crippen molar-refractivity contribution in [3.8, 4) is 0 Å². The Morgan fingerprint density at radius 3 is 0.853 bits per heavy atom. The Hall–Kier alpha value is -3.41. The molecule has 0 spiro atoms. The monoisotopic (exact) mass is 1040 g/mol. The van der Waals surface area contributed by atoms with Gasteiger partial charge in [0.15, 0.2) is 6.10 Å². The van der Waals surface area contributed by atoms with Gasteiger partial charge in [0.2, 0.25) is 0 Å². The average Bonchev–Trinajstić information content (AvgIpc) is 3.41. The molecule has 0 aliphatic carbocycles. The van der Waals surface area contributed by atoms with E-state index in [9.17, 15) is 14.4 Å². The quantitative estimate of drug-likeness (QED) is 0.0261. The highest BCUT2D eigenvalue weighted by molar-refractivity contribution is 5.71. The fraction of sp³-hybridized carbons (Fsp3) is 0.754. The van der Waals surface area contributed by atoms with Gasteiger partial charge in [-0.25, -0.2) is 0 Å². The summed E-state index contributed by atoms with van der Waals surface area (Å²) in [5, 5.41) is 0. The molecule has 0 aliphatic rings. The molecule has 0 aromatic heterocycles. The summed E-state index contributed by atoms with van der Waals surface area (Å²) in [6, 6.07) is 0. The largest absolute Gasteiger partial charge is 0.462 e. The van der Waals surface area contributed by atoms with Crippen molar-refractivity contribution < 1.29 is 28.6 Å². The molecule has 0 rings (SSSR count). The third kappa shape index (κ3) is 61.3. The zero-order valence-corrected chi connectivity index (χ0v) is 49.6. The fourth-order valence-electron chi connectivity index (χ4n) is 9.05. The lowest BCUT2D eigenvalue weighted by Crippen LogP contribution is -2.30. The van der Waals surface area contributed by atoms with Gasteiger partial charge in [0.05, 0.1) is 0 Å². The van der Waals surface area contributed by atoms with Crippen LogP contribution in [0.15, 0.2) is 85.1 Å². The Morgan fingerprint density at radius 1 is 0.280 bits per heavy atom. The number of allylic oxidation sites excluding steroid dienone is 14. The predicted molar refractivity (Wildman–Crippen MR) is 325 cm³/mol. The number of esters is 3. The number of ether oxygens (including phenoxy) is 3. The molecule has 6 nitrogen and oxygen atoms in total. The van der Waals surface area contributed by atoms with Crippen molar-refractivity contribution in [1.82, 2.24) is 0 Å². The molecule has 0 radical (unpaired) electrons. The summed E-state index contributed by atoms with van der Waals surface area (Å²) in [6.07, 6.45) is 83.0. The van der Waals surface area contributed by atoms with Gasteiger partial charge in [-0.15, -0.1) is 0 Å². The summed E-state index contributed by atoms with van der Waals surface area (Å²) in [4.78, 5) is 38.3. The van der Waals surface area contributed by atoms with Crippen LogP contribution in [0.4, 0.5) is 0 Å². The molecule has 6 heteroatoms. The minimum atomic E-state index is -0.795. The van der Waals surface area contributed by atoms with E-state index in [4.69, 9.17) is 14.2 Å². The van der Waals surface area contributed by atoms with E-state index in [2.05, 4.69) is 106 Å². The number of carbonyl (C=O) groups excluding carboxylic acids is 3. The second kappa shape index (κ2) is 63.1. The standard InChI is InChI=1S/C69H120O6/c1-4-7-10-13-16-19-22-25-28-31-32-33-34-35-36-39-41-44-47-50-53-56-59-62-68(71)74-65-66(75-69(72)63-60-57-54-51-48-45-42-38-30-27-24-21-18-15-12-9-6-3)64-73-67(70)61-58-55-52-49-46-43-40-37-29-26-23-20-17-14-11-8-5-2/h9,12,17-18,20-21,26-27,29-32,42,45,66H,4-8,10-11,13-16,19,22-25,28,33-41,43-44,46-65H2,1-3H3/b12-9-,20-17-,21-18-,29-26-,30-27-,32-31-,45-42-. The lowest BCUT2D eigenvalue weighted by Gasteiger charge is -2.18. The summed E-state index contributed by atoms with van der Waals surface area (Å²) in [7, 11) is 0. The molecule has 0 bridgehead atoms. The van der Waals surface area contributed by atoms with Crippen LogP contribution in [0.3, 0.4) is 0 Å². The molecule has 0 aliphatic heterocycles. The highest BCUT2D eigenvalue weighted by Crippen LogP contribution is 2.16. The van der Waals surface area contributed by atoms with Crippen molar-refractivity contribution in [2.45, 2.75) is 322 Å². The third-order valence-corrected chi connectivity index (χ3v) is 13.9. The molecule has 0 fully saturated rings. The second-order valence-electron chi connectivity index (χ2n) is 21.3. The first-order valence-electron chi connectivity index (χ1n) is 32.1. The van der Waals surface area contributed by atoms with Crippen molar-refractivity contribution in [2.24, 2.45) is 0 Å². The predicted octanol–water partition coefficient (Wildman–Crippen LogP) is 21.9. The third-order valence-electron chi connectivity index (χ3n) is 13.9. The van der Waals surface area contributed by atoms with E-state index in [0.717, 1.165) is 109 Å². The Kier molecular flexibility index (Phi) is 60.3. The average molecular weight is 1050 g/mol. The maximum atomic E-state index is 12.9. The summed E-state index contributed by atoms with van der Waals surface area (Å²) in [5.41, 5.74) is 0. The molecular formula is C69H120O6. The molecule has 0 saturated carbocycles. The van der Waals surface area contributed by atoms with Crippen molar-refractivity contribution in [2.75, 3.05) is 13.2 Å². The summed E-state index contributed by atoms with van der Waals surface area (Å²) < 4.78 is 16.9. The van der Waals surface area contributed by atoms with E-state index in [-0.39, 0.29) is 31.1 Å². The van der Waals surface area contributed by atoms with E-state index < -0.39 is 6.10 Å². The van der Waals surface area contributed by atoms with Crippen LogP contribution in [0.1, 0.15) is 316 Å². The molecule has 1 unspecified atom stereocenters. The Balaban J connectivity index is 4.38. The summed E-state index contributed by atoms with van der Waals surface area (Å²) in [5.74, 6) is -0.910. The van der Waals surface area contributed by atoms with E-state index >= 15 is 0 Å². The molecule has 1 atom stereocenters. The van der Waals surface area contributed by atoms with E-state index in [0.29, 0.717) is 19.3 Å². The van der Waals surface area contributed by atoms with Gasteiger partial charge in [0.1, 0.15) is 13.2 Å². The molecule has 0 aromatic carbocycles. The van der Waals surface area contributed by atoms with Crippen LogP contribution in [0.25, 0.3) is 0 Å². The molecule has 0 N–H and O–H groups in total. The van der Waals surface area contributed by atoms with Crippen molar-refractivity contribution in [1.29, 1.82) is 0 Å². The fourth-order valence-corrected chi connectivity index (χ4v) is 9.05. The summed E-state index contributed by atoms with van der Waals surface area (Å²) >= 11 is 0. The van der Waals surface area contributed by atoms with Gasteiger partial charge in [-0.05, 0) is 116 Å². The Morgan fingerprint density at radius 2 is 0.520 bits per heavy atom. The van der Waals surface area contributed by atoms with E-state index in [1.807, 2.05) is 0 Å². The van der Waals surface area contributed by atoms with Gasteiger partial charge in [0, 0.05) is 19.3 Å². The zero-order chi connectivity index (χ0) is 54.3. The summed E-state index contributed by atoms with van der Waals surface area (Å²) in [6.45, 7) is 6.51. The SMILES string of the molecule is CC/C=C\C/C=C\C/C=C\C/C=C\CCCCCCC(=O)OC(COC(=O)CCCCCCCCC/C=C\C/C=C\CCCCC)COC(=O)CCCCCCCCCCCCC/C=C\CCCCCCCCCC. The van der Waals surface area contributed by atoms with Gasteiger partial charge in [-0.2, -0.15) is 0 Å². The van der Waals surface area contributed by atoms with E-state index in [1.54, 1.807) is 0 Å². The van der Waals surface area contributed by atoms with Crippen LogP contribution in [-0.2, 0) is 28.6 Å². The molecular weight excluding hydrogens is 925 g/mol. The molecule has 432 valence electrons.